The molecule has 0 N–H and O–H groups in total. The van der Waals surface area contributed by atoms with Gasteiger partial charge < -0.3 is 14.0 Å². The first-order valence-electron chi connectivity index (χ1n) is 8.14. The van der Waals surface area contributed by atoms with Gasteiger partial charge in [0, 0.05) is 12.8 Å². The molecule has 0 spiro atoms. The molecule has 0 radical (unpaired) electrons. The number of hydrogen-bond acceptors (Lipinski definition) is 6. The van der Waals surface area contributed by atoms with E-state index in [0.717, 1.165) is 33.8 Å². The summed E-state index contributed by atoms with van der Waals surface area (Å²) < 4.78 is 13.7. The van der Waals surface area contributed by atoms with Gasteiger partial charge in [0.15, 0.2) is 28.6 Å². The lowest BCUT2D eigenvalue weighted by atomic mass is 10.2. The van der Waals surface area contributed by atoms with Crippen LogP contribution in [0.3, 0.4) is 0 Å². The molecule has 26 heavy (non-hydrogen) atoms. The lowest BCUT2D eigenvalue weighted by molar-refractivity contribution is 0.0825. The number of fused-ring (bicyclic) bond motifs is 1. The molecule has 1 aliphatic rings. The monoisotopic (exact) mass is 364 g/mol. The van der Waals surface area contributed by atoms with Crippen molar-refractivity contribution in [3.63, 3.8) is 0 Å². The van der Waals surface area contributed by atoms with E-state index < -0.39 is 0 Å². The summed E-state index contributed by atoms with van der Waals surface area (Å²) in [5.74, 6) is 2.96. The topological polar surface area (TPSA) is 73.0 Å². The van der Waals surface area contributed by atoms with E-state index in [0.29, 0.717) is 12.2 Å². The molecule has 1 unspecified atom stereocenters. The van der Waals surface area contributed by atoms with Gasteiger partial charge in [-0.05, 0) is 29.8 Å². The van der Waals surface area contributed by atoms with Crippen LogP contribution in [-0.4, -0.2) is 21.4 Å². The predicted molar refractivity (Wildman–Crippen MR) is 97.0 cm³/mol. The number of rotatable bonds is 4. The van der Waals surface area contributed by atoms with E-state index in [1.165, 1.54) is 0 Å². The summed E-state index contributed by atoms with van der Waals surface area (Å²) in [6.45, 7) is 0.406. The Morgan fingerprint density at radius 2 is 1.92 bits per heavy atom. The van der Waals surface area contributed by atoms with Crippen LogP contribution >= 0.6 is 11.8 Å². The van der Waals surface area contributed by atoms with E-state index in [1.807, 2.05) is 60.1 Å². The number of thioether (sulfide) groups is 1. The average molecular weight is 364 g/mol. The Labute approximate surface area is 155 Å². The lowest BCUT2D eigenvalue weighted by Crippen LogP contribution is -2.24. The predicted octanol–water partition coefficient (Wildman–Crippen LogP) is 3.49. The molecule has 2 aromatic carbocycles. The van der Waals surface area contributed by atoms with Crippen molar-refractivity contribution in [1.82, 2.24) is 14.8 Å². The van der Waals surface area contributed by atoms with Gasteiger partial charge in [-0.1, -0.05) is 36.0 Å². The van der Waals surface area contributed by atoms with Crippen molar-refractivity contribution in [2.75, 3.05) is 6.61 Å². The van der Waals surface area contributed by atoms with Crippen LogP contribution in [0.15, 0.2) is 53.7 Å². The van der Waals surface area contributed by atoms with Crippen LogP contribution in [0.25, 0.3) is 0 Å². The van der Waals surface area contributed by atoms with Crippen molar-refractivity contribution in [2.45, 2.75) is 17.0 Å². The first-order valence-corrected chi connectivity index (χ1v) is 9.13. The van der Waals surface area contributed by atoms with Crippen LogP contribution in [0.1, 0.15) is 23.1 Å². The summed E-state index contributed by atoms with van der Waals surface area (Å²) in [6, 6.07) is 17.3. The van der Waals surface area contributed by atoms with Gasteiger partial charge in [-0.2, -0.15) is 5.26 Å². The van der Waals surface area contributed by atoms with Crippen LogP contribution in [-0.2, 0) is 12.8 Å². The normalized spacial score (nSPS) is 15.5. The lowest BCUT2D eigenvalue weighted by Gasteiger charge is -2.25. The second-order valence-electron chi connectivity index (χ2n) is 5.86. The smallest absolute Gasteiger partial charge is 0.192 e. The van der Waals surface area contributed by atoms with Crippen LogP contribution in [0.4, 0.5) is 0 Å². The fourth-order valence-corrected chi connectivity index (χ4v) is 3.58. The quantitative estimate of drug-likeness (QED) is 0.660. The molecule has 0 saturated heterocycles. The minimum absolute atomic E-state index is 0.285. The van der Waals surface area contributed by atoms with E-state index in [4.69, 9.17) is 14.7 Å². The Balaban J connectivity index is 1.46. The Morgan fingerprint density at radius 3 is 2.69 bits per heavy atom. The van der Waals surface area contributed by atoms with Gasteiger partial charge in [0.1, 0.15) is 6.61 Å². The van der Waals surface area contributed by atoms with Gasteiger partial charge in [0.25, 0.3) is 0 Å². The minimum Gasteiger partial charge on any atom is -0.485 e. The van der Waals surface area contributed by atoms with Crippen molar-refractivity contribution < 1.29 is 9.47 Å². The third-order valence-corrected chi connectivity index (χ3v) is 5.21. The second kappa shape index (κ2) is 7.10. The Bertz CT molecular complexity index is 962. The molecule has 3 aromatic rings. The maximum Gasteiger partial charge on any atom is 0.192 e. The van der Waals surface area contributed by atoms with Crippen LogP contribution < -0.4 is 9.47 Å². The molecular formula is C19H16N4O2S. The number of nitriles is 1. The largest absolute Gasteiger partial charge is 0.485 e. The molecule has 1 atom stereocenters. The fraction of sp³-hybridized carbons (Fsp3) is 0.211. The van der Waals surface area contributed by atoms with Gasteiger partial charge in [0.05, 0.1) is 11.6 Å². The number of benzene rings is 2. The molecule has 0 fully saturated rings. The van der Waals surface area contributed by atoms with Crippen LogP contribution in [0.5, 0.6) is 11.5 Å². The fourth-order valence-electron chi connectivity index (χ4n) is 2.70. The zero-order valence-electron chi connectivity index (χ0n) is 14.1. The van der Waals surface area contributed by atoms with Crippen molar-refractivity contribution in [2.24, 2.45) is 7.05 Å². The third kappa shape index (κ3) is 3.24. The molecule has 7 heteroatoms. The zero-order valence-corrected chi connectivity index (χ0v) is 14.9. The standard InChI is InChI=1S/C19H16N4O2S/c1-23-18(17-11-24-15-4-2-3-5-16(15)25-17)21-22-19(23)26-12-14-8-6-13(10-20)7-9-14/h2-9,17H,11-12H2,1H3. The molecule has 6 nitrogen and oxygen atoms in total. The molecule has 1 aromatic heterocycles. The SMILES string of the molecule is Cn1c(SCc2ccc(C#N)cc2)nnc1C1COc2ccccc2O1. The maximum absolute atomic E-state index is 8.86. The highest BCUT2D eigenvalue weighted by molar-refractivity contribution is 7.98. The summed E-state index contributed by atoms with van der Waals surface area (Å²) >= 11 is 1.59. The molecule has 0 saturated carbocycles. The third-order valence-electron chi connectivity index (χ3n) is 4.12. The average Bonchev–Trinajstić information content (AvgIpc) is 3.07. The summed E-state index contributed by atoms with van der Waals surface area (Å²) in [5.41, 5.74) is 1.79. The van der Waals surface area contributed by atoms with E-state index in [2.05, 4.69) is 16.3 Å². The molecule has 0 aliphatic carbocycles. The van der Waals surface area contributed by atoms with Crippen molar-refractivity contribution in [1.29, 1.82) is 5.26 Å². The van der Waals surface area contributed by atoms with Crippen molar-refractivity contribution in [3.05, 3.63) is 65.5 Å². The molecule has 0 bridgehead atoms. The molecule has 2 heterocycles. The van der Waals surface area contributed by atoms with E-state index >= 15 is 0 Å². The molecule has 1 aliphatic heterocycles. The van der Waals surface area contributed by atoms with Crippen LogP contribution in [0.2, 0.25) is 0 Å². The van der Waals surface area contributed by atoms with Gasteiger partial charge in [-0.3, -0.25) is 0 Å². The first kappa shape index (κ1) is 16.5. The highest BCUT2D eigenvalue weighted by Gasteiger charge is 2.27. The Kier molecular flexibility index (Phi) is 4.50. The molecule has 4 rings (SSSR count). The van der Waals surface area contributed by atoms with E-state index in [1.54, 1.807) is 11.8 Å². The first-order chi connectivity index (χ1) is 12.7. The summed E-state index contributed by atoms with van der Waals surface area (Å²) in [4.78, 5) is 0. The van der Waals surface area contributed by atoms with E-state index in [9.17, 15) is 0 Å². The summed E-state index contributed by atoms with van der Waals surface area (Å²) in [6.07, 6.45) is -0.285. The summed E-state index contributed by atoms with van der Waals surface area (Å²) in [7, 11) is 1.93. The maximum atomic E-state index is 8.86. The van der Waals surface area contributed by atoms with Crippen LogP contribution in [0, 0.1) is 11.3 Å². The number of nitrogens with zero attached hydrogens (tertiary/aromatic N) is 4. The zero-order chi connectivity index (χ0) is 17.9. The highest BCUT2D eigenvalue weighted by atomic mass is 32.2. The van der Waals surface area contributed by atoms with E-state index in [-0.39, 0.29) is 6.10 Å². The number of ether oxygens (including phenoxy) is 2. The van der Waals surface area contributed by atoms with Gasteiger partial charge >= 0.3 is 0 Å². The molecular weight excluding hydrogens is 348 g/mol. The highest BCUT2D eigenvalue weighted by Crippen LogP contribution is 2.36. The minimum atomic E-state index is -0.285. The second-order valence-corrected chi connectivity index (χ2v) is 6.80. The van der Waals surface area contributed by atoms with Gasteiger partial charge in [0.2, 0.25) is 0 Å². The van der Waals surface area contributed by atoms with Crippen molar-refractivity contribution in [3.8, 4) is 17.6 Å². The Morgan fingerprint density at radius 1 is 1.15 bits per heavy atom. The molecule has 0 amide bonds. The van der Waals surface area contributed by atoms with Gasteiger partial charge in [-0.15, -0.1) is 10.2 Å². The van der Waals surface area contributed by atoms with Crippen molar-refractivity contribution >= 4 is 11.8 Å². The number of hydrogen-bond donors (Lipinski definition) is 0. The molecule has 130 valence electrons. The number of para-hydroxylation sites is 2. The number of aromatic nitrogens is 3. The Hall–Kier alpha value is -2.98. The summed E-state index contributed by atoms with van der Waals surface area (Å²) in [5, 5.41) is 18.3. The van der Waals surface area contributed by atoms with Gasteiger partial charge in [-0.25, -0.2) is 0 Å².